The fourth-order valence-electron chi connectivity index (χ4n) is 2.06. The Morgan fingerprint density at radius 2 is 2.12 bits per heavy atom. The summed E-state index contributed by atoms with van der Waals surface area (Å²) in [4.78, 5) is 12.0. The summed E-state index contributed by atoms with van der Waals surface area (Å²) in [6, 6.07) is 11.5. The van der Waals surface area contributed by atoms with E-state index < -0.39 is 0 Å². The number of thioether (sulfide) groups is 1. The molecule has 9 heteroatoms. The van der Waals surface area contributed by atoms with E-state index in [1.165, 1.54) is 27.8 Å². The topological polar surface area (TPSA) is 110 Å². The van der Waals surface area contributed by atoms with Gasteiger partial charge in [-0.1, -0.05) is 41.6 Å². The van der Waals surface area contributed by atoms with Crippen molar-refractivity contribution in [3.8, 4) is 17.5 Å². The molecule has 3 N–H and O–H groups in total. The molecule has 126 valence electrons. The molecule has 0 spiro atoms. The lowest BCUT2D eigenvalue weighted by Gasteiger charge is -2.05. The number of rotatable bonds is 5. The Balaban J connectivity index is 1.65. The van der Waals surface area contributed by atoms with Gasteiger partial charge in [-0.25, -0.2) is 4.68 Å². The first-order valence-corrected chi connectivity index (χ1v) is 9.13. The number of carbonyl (C=O) groups excluding carboxylic acids is 1. The SMILES string of the molecule is Cc1ccc(-c2nnc(SCC(=O)Nc3sccc3C#N)n2N)cc1. The van der Waals surface area contributed by atoms with E-state index in [4.69, 9.17) is 11.1 Å². The van der Waals surface area contributed by atoms with E-state index in [1.54, 1.807) is 11.4 Å². The maximum atomic E-state index is 12.0. The highest BCUT2D eigenvalue weighted by Crippen LogP contribution is 2.24. The Kier molecular flexibility index (Phi) is 5.02. The zero-order valence-corrected chi connectivity index (χ0v) is 14.9. The number of nitrogens with zero attached hydrogens (tertiary/aromatic N) is 4. The van der Waals surface area contributed by atoms with Gasteiger partial charge >= 0.3 is 0 Å². The number of hydrogen-bond acceptors (Lipinski definition) is 7. The molecule has 0 unspecified atom stereocenters. The van der Waals surface area contributed by atoms with Gasteiger partial charge in [0.2, 0.25) is 11.1 Å². The van der Waals surface area contributed by atoms with Crippen molar-refractivity contribution in [1.82, 2.24) is 14.9 Å². The van der Waals surface area contributed by atoms with Crippen molar-refractivity contribution in [2.24, 2.45) is 0 Å². The zero-order chi connectivity index (χ0) is 17.8. The van der Waals surface area contributed by atoms with Gasteiger partial charge in [0.05, 0.1) is 11.3 Å². The third-order valence-corrected chi connectivity index (χ3v) is 5.12. The number of nitrogen functional groups attached to an aromatic ring is 1. The quantitative estimate of drug-likeness (QED) is 0.528. The second-order valence-corrected chi connectivity index (χ2v) is 7.01. The monoisotopic (exact) mass is 370 g/mol. The van der Waals surface area contributed by atoms with E-state index in [2.05, 4.69) is 15.5 Å². The van der Waals surface area contributed by atoms with Gasteiger partial charge < -0.3 is 11.2 Å². The number of aryl methyl sites for hydroxylation is 1. The number of amides is 1. The van der Waals surface area contributed by atoms with Gasteiger partial charge in [-0.2, -0.15) is 5.26 Å². The number of thiophene rings is 1. The molecule has 0 aliphatic heterocycles. The summed E-state index contributed by atoms with van der Waals surface area (Å²) in [7, 11) is 0. The number of hydrogen-bond donors (Lipinski definition) is 2. The first-order valence-electron chi connectivity index (χ1n) is 7.26. The van der Waals surface area contributed by atoms with Gasteiger partial charge in [-0.15, -0.1) is 21.5 Å². The minimum absolute atomic E-state index is 0.117. The van der Waals surface area contributed by atoms with E-state index in [0.717, 1.165) is 11.1 Å². The van der Waals surface area contributed by atoms with E-state index in [-0.39, 0.29) is 11.7 Å². The number of nitrogens with two attached hydrogens (primary N) is 1. The maximum Gasteiger partial charge on any atom is 0.235 e. The predicted molar refractivity (Wildman–Crippen MR) is 98.7 cm³/mol. The largest absolute Gasteiger partial charge is 0.335 e. The Bertz CT molecular complexity index is 938. The highest BCUT2D eigenvalue weighted by atomic mass is 32.2. The molecule has 0 saturated carbocycles. The summed E-state index contributed by atoms with van der Waals surface area (Å²) in [6.07, 6.45) is 0. The third kappa shape index (κ3) is 3.81. The van der Waals surface area contributed by atoms with Crippen LogP contribution in [0.3, 0.4) is 0 Å². The van der Waals surface area contributed by atoms with Gasteiger partial charge in [0.25, 0.3) is 0 Å². The number of nitrogens with one attached hydrogen (secondary N) is 1. The van der Waals surface area contributed by atoms with Crippen LogP contribution in [0, 0.1) is 18.3 Å². The second kappa shape index (κ2) is 7.38. The average molecular weight is 370 g/mol. The Morgan fingerprint density at radius 3 is 2.84 bits per heavy atom. The van der Waals surface area contributed by atoms with Crippen LogP contribution in [0.4, 0.5) is 5.00 Å². The summed E-state index contributed by atoms with van der Waals surface area (Å²) >= 11 is 2.49. The van der Waals surface area contributed by atoms with Crippen molar-refractivity contribution in [3.63, 3.8) is 0 Å². The van der Waals surface area contributed by atoms with E-state index in [1.807, 2.05) is 37.3 Å². The van der Waals surface area contributed by atoms with Crippen molar-refractivity contribution in [2.75, 3.05) is 16.9 Å². The molecule has 2 heterocycles. The number of benzene rings is 1. The molecule has 7 nitrogen and oxygen atoms in total. The van der Waals surface area contributed by atoms with Crippen LogP contribution in [0.15, 0.2) is 40.9 Å². The van der Waals surface area contributed by atoms with Crippen LogP contribution in [0.1, 0.15) is 11.1 Å². The van der Waals surface area contributed by atoms with E-state index in [9.17, 15) is 4.79 Å². The molecule has 3 aromatic rings. The highest BCUT2D eigenvalue weighted by Gasteiger charge is 2.14. The van der Waals surface area contributed by atoms with Crippen molar-refractivity contribution >= 4 is 34.0 Å². The minimum Gasteiger partial charge on any atom is -0.335 e. The van der Waals surface area contributed by atoms with E-state index in [0.29, 0.717) is 21.5 Å². The first-order chi connectivity index (χ1) is 12.1. The smallest absolute Gasteiger partial charge is 0.235 e. The predicted octanol–water partition coefficient (Wildman–Crippen LogP) is 2.63. The Morgan fingerprint density at radius 1 is 1.36 bits per heavy atom. The average Bonchev–Trinajstić information content (AvgIpc) is 3.20. The molecule has 0 saturated heterocycles. The van der Waals surface area contributed by atoms with Gasteiger partial charge in [0.15, 0.2) is 5.82 Å². The molecule has 2 aromatic heterocycles. The zero-order valence-electron chi connectivity index (χ0n) is 13.3. The molecule has 1 amide bonds. The van der Waals surface area contributed by atoms with Crippen molar-refractivity contribution < 1.29 is 4.79 Å². The second-order valence-electron chi connectivity index (χ2n) is 5.15. The standard InChI is InChI=1S/C16H14N6OS2/c1-10-2-4-11(5-3-10)14-20-21-16(22(14)18)25-9-13(23)19-15-12(8-17)6-7-24-15/h2-7H,9,18H2,1H3,(H,19,23). The van der Waals surface area contributed by atoms with Gasteiger partial charge in [-0.05, 0) is 18.4 Å². The number of nitriles is 1. The van der Waals surface area contributed by atoms with Gasteiger partial charge in [-0.3, -0.25) is 4.79 Å². The number of carbonyl (C=O) groups is 1. The summed E-state index contributed by atoms with van der Waals surface area (Å²) in [6.45, 7) is 2.00. The van der Waals surface area contributed by atoms with Crippen molar-refractivity contribution in [1.29, 1.82) is 5.26 Å². The minimum atomic E-state index is -0.233. The lowest BCUT2D eigenvalue weighted by atomic mass is 10.1. The normalized spacial score (nSPS) is 10.4. The summed E-state index contributed by atoms with van der Waals surface area (Å²) in [5.41, 5.74) is 2.45. The molecular formula is C16H14N6OS2. The molecule has 0 aliphatic carbocycles. The summed E-state index contributed by atoms with van der Waals surface area (Å²) < 4.78 is 1.37. The number of anilines is 1. The molecule has 1 aromatic carbocycles. The van der Waals surface area contributed by atoms with Crippen LogP contribution < -0.4 is 11.2 Å². The third-order valence-electron chi connectivity index (χ3n) is 3.35. The van der Waals surface area contributed by atoms with Crippen LogP contribution in [0.25, 0.3) is 11.4 Å². The van der Waals surface area contributed by atoms with Gasteiger partial charge in [0, 0.05) is 5.56 Å². The number of aromatic nitrogens is 3. The van der Waals surface area contributed by atoms with Crippen molar-refractivity contribution in [2.45, 2.75) is 12.1 Å². The molecule has 0 bridgehead atoms. The molecule has 3 rings (SSSR count). The van der Waals surface area contributed by atoms with Crippen LogP contribution >= 0.6 is 23.1 Å². The molecule has 0 atom stereocenters. The summed E-state index contributed by atoms with van der Waals surface area (Å²) in [5.74, 6) is 6.46. The van der Waals surface area contributed by atoms with Gasteiger partial charge in [0.1, 0.15) is 11.1 Å². The maximum absolute atomic E-state index is 12.0. The fourth-order valence-corrected chi connectivity index (χ4v) is 3.47. The molecule has 25 heavy (non-hydrogen) atoms. The lowest BCUT2D eigenvalue weighted by molar-refractivity contribution is -0.113. The van der Waals surface area contributed by atoms with E-state index >= 15 is 0 Å². The van der Waals surface area contributed by atoms with Crippen molar-refractivity contribution in [3.05, 3.63) is 46.8 Å². The Labute approximate surface area is 152 Å². The Hall–Kier alpha value is -2.83. The van der Waals surface area contributed by atoms with Crippen LogP contribution in [0.5, 0.6) is 0 Å². The molecule has 0 aliphatic rings. The molecule has 0 fully saturated rings. The fraction of sp³-hybridized carbons (Fsp3) is 0.125. The highest BCUT2D eigenvalue weighted by molar-refractivity contribution is 7.99. The van der Waals surface area contributed by atoms with Crippen LogP contribution in [-0.2, 0) is 4.79 Å². The summed E-state index contributed by atoms with van der Waals surface area (Å²) in [5, 5.41) is 22.5. The van der Waals surface area contributed by atoms with Crippen LogP contribution in [-0.4, -0.2) is 26.5 Å². The molecule has 0 radical (unpaired) electrons. The lowest BCUT2D eigenvalue weighted by Crippen LogP contribution is -2.16. The molecular weight excluding hydrogens is 356 g/mol. The van der Waals surface area contributed by atoms with Crippen LogP contribution in [0.2, 0.25) is 0 Å². The first kappa shape index (κ1) is 17.0.